The Balaban J connectivity index is 2.01. The first-order valence-corrected chi connectivity index (χ1v) is 15.1. The molecule has 0 spiro atoms. The highest BCUT2D eigenvalue weighted by atomic mass is 32.2. The zero-order valence-electron chi connectivity index (χ0n) is 22.4. The zero-order chi connectivity index (χ0) is 30.0. The molecule has 0 heterocycles. The molecular formula is C31H28F6NOPS. The van der Waals surface area contributed by atoms with Crippen molar-refractivity contribution in [3.05, 3.63) is 125 Å². The van der Waals surface area contributed by atoms with Gasteiger partial charge in [0.05, 0.1) is 32.9 Å². The van der Waals surface area contributed by atoms with E-state index in [1.165, 1.54) is 0 Å². The average Bonchev–Trinajstić information content (AvgIpc) is 2.91. The maximum absolute atomic E-state index is 13.9. The second-order valence-corrected chi connectivity index (χ2v) is 14.5. The third-order valence-corrected chi connectivity index (χ3v) is 10.3. The summed E-state index contributed by atoms with van der Waals surface area (Å²) in [6.45, 7) is 5.02. The fourth-order valence-electron chi connectivity index (χ4n) is 4.26. The van der Waals surface area contributed by atoms with Gasteiger partial charge in [0.2, 0.25) is 0 Å². The maximum Gasteiger partial charge on any atom is 0.416 e. The van der Waals surface area contributed by atoms with Crippen LogP contribution in [0.3, 0.4) is 0 Å². The molecule has 216 valence electrons. The number of nitrogens with one attached hydrogen (secondary N) is 1. The summed E-state index contributed by atoms with van der Waals surface area (Å²) in [5, 5.41) is 2.60. The second-order valence-electron chi connectivity index (χ2n) is 10.3. The minimum Gasteiger partial charge on any atom is -0.242 e. The van der Waals surface area contributed by atoms with E-state index in [1.54, 1.807) is 39.0 Å². The monoisotopic (exact) mass is 607 g/mol. The van der Waals surface area contributed by atoms with E-state index in [0.717, 1.165) is 10.6 Å². The lowest BCUT2D eigenvalue weighted by atomic mass is 9.95. The Morgan fingerprint density at radius 1 is 0.659 bits per heavy atom. The molecule has 0 amide bonds. The predicted octanol–water partition coefficient (Wildman–Crippen LogP) is 7.62. The van der Waals surface area contributed by atoms with E-state index in [0.29, 0.717) is 23.0 Å². The fourth-order valence-corrected chi connectivity index (χ4v) is 7.58. The third kappa shape index (κ3) is 7.45. The first-order valence-electron chi connectivity index (χ1n) is 12.6. The lowest BCUT2D eigenvalue weighted by Crippen LogP contribution is -2.38. The van der Waals surface area contributed by atoms with Crippen molar-refractivity contribution in [2.24, 2.45) is 0 Å². The van der Waals surface area contributed by atoms with Crippen molar-refractivity contribution < 1.29 is 30.6 Å². The predicted molar refractivity (Wildman–Crippen MR) is 154 cm³/mol. The van der Waals surface area contributed by atoms with Gasteiger partial charge in [-0.1, -0.05) is 84.9 Å². The molecule has 4 aromatic rings. The van der Waals surface area contributed by atoms with E-state index in [4.69, 9.17) is 0 Å². The van der Waals surface area contributed by atoms with Crippen LogP contribution in [0.4, 0.5) is 26.3 Å². The van der Waals surface area contributed by atoms with Crippen molar-refractivity contribution in [3.8, 4) is 0 Å². The van der Waals surface area contributed by atoms with Crippen LogP contribution in [0, 0.1) is 0 Å². The minimum absolute atomic E-state index is 0.105. The van der Waals surface area contributed by atoms with Gasteiger partial charge in [0.25, 0.3) is 0 Å². The molecule has 4 rings (SSSR count). The zero-order valence-corrected chi connectivity index (χ0v) is 24.1. The van der Waals surface area contributed by atoms with Gasteiger partial charge in [-0.05, 0) is 73.9 Å². The fraction of sp³-hybridized carbons (Fsp3) is 0.226. The molecule has 0 aliphatic rings. The lowest BCUT2D eigenvalue weighted by Gasteiger charge is -2.30. The summed E-state index contributed by atoms with van der Waals surface area (Å²) >= 11 is 0. The van der Waals surface area contributed by atoms with Crippen LogP contribution in [-0.2, 0) is 23.3 Å². The first-order chi connectivity index (χ1) is 19.2. The Kier molecular flexibility index (Phi) is 9.12. The van der Waals surface area contributed by atoms with Crippen molar-refractivity contribution in [2.45, 2.75) is 43.9 Å². The van der Waals surface area contributed by atoms with Gasteiger partial charge in [0.15, 0.2) is 0 Å². The smallest absolute Gasteiger partial charge is 0.242 e. The number of hydrogen-bond donors (Lipinski definition) is 1. The number of benzene rings is 4. The van der Waals surface area contributed by atoms with Crippen LogP contribution >= 0.6 is 7.92 Å². The molecule has 10 heteroatoms. The average molecular weight is 608 g/mol. The van der Waals surface area contributed by atoms with E-state index >= 15 is 0 Å². The number of halogens is 6. The number of hydrogen-bond acceptors (Lipinski definition) is 1. The standard InChI is InChI=1S/C31H28F6NOPS/c1-29(2,3)41(39)38-28(21-18-22(30(32,33)34)20-23(19-21)31(35,36)37)26-16-10-11-17-27(26)40(24-12-6-4-7-13-24)25-14-8-5-9-15-25/h4-20,28,38H,1-3H3/t28-,41+/m0/s1. The molecule has 0 saturated heterocycles. The van der Waals surface area contributed by atoms with Crippen molar-refractivity contribution in [3.63, 3.8) is 0 Å². The van der Waals surface area contributed by atoms with Gasteiger partial charge in [-0.3, -0.25) is 0 Å². The van der Waals surface area contributed by atoms with Gasteiger partial charge in [-0.2, -0.15) is 26.3 Å². The molecule has 0 radical (unpaired) electrons. The molecule has 0 bridgehead atoms. The van der Waals surface area contributed by atoms with Crippen molar-refractivity contribution in [1.82, 2.24) is 4.72 Å². The van der Waals surface area contributed by atoms with Gasteiger partial charge in [-0.15, -0.1) is 0 Å². The van der Waals surface area contributed by atoms with Crippen LogP contribution in [0.5, 0.6) is 0 Å². The van der Waals surface area contributed by atoms with Crippen LogP contribution in [0.2, 0.25) is 0 Å². The summed E-state index contributed by atoms with van der Waals surface area (Å²) < 4.78 is 98.6. The SMILES string of the molecule is CC(C)(C)[S@@](=O)N[C@@H](c1cc(C(F)(F)F)cc(C(F)(F)F)c1)c1ccccc1P(c1ccccc1)c1ccccc1. The quantitative estimate of drug-likeness (QED) is 0.170. The van der Waals surface area contributed by atoms with Crippen LogP contribution in [-0.4, -0.2) is 8.96 Å². The Morgan fingerprint density at radius 3 is 1.54 bits per heavy atom. The molecule has 0 saturated carbocycles. The van der Waals surface area contributed by atoms with E-state index < -0.39 is 53.2 Å². The normalized spacial score (nSPS) is 14.2. The lowest BCUT2D eigenvalue weighted by molar-refractivity contribution is -0.143. The molecule has 1 N–H and O–H groups in total. The van der Waals surface area contributed by atoms with Crippen LogP contribution in [0.25, 0.3) is 0 Å². The van der Waals surface area contributed by atoms with Crippen LogP contribution in [0.1, 0.15) is 49.1 Å². The van der Waals surface area contributed by atoms with Crippen molar-refractivity contribution >= 4 is 34.8 Å². The molecule has 41 heavy (non-hydrogen) atoms. The highest BCUT2D eigenvalue weighted by Crippen LogP contribution is 2.41. The van der Waals surface area contributed by atoms with Gasteiger partial charge < -0.3 is 0 Å². The first kappa shape index (κ1) is 30.9. The topological polar surface area (TPSA) is 29.1 Å². The summed E-state index contributed by atoms with van der Waals surface area (Å²) in [7, 11) is -3.13. The van der Waals surface area contributed by atoms with E-state index in [2.05, 4.69) is 4.72 Å². The Morgan fingerprint density at radius 2 is 1.10 bits per heavy atom. The summed E-state index contributed by atoms with van der Waals surface area (Å²) in [5.74, 6) is 0. The second kappa shape index (κ2) is 12.1. The van der Waals surface area contributed by atoms with Crippen molar-refractivity contribution in [2.75, 3.05) is 0 Å². The van der Waals surface area contributed by atoms with Crippen LogP contribution in [0.15, 0.2) is 103 Å². The molecule has 0 fully saturated rings. The third-order valence-electron chi connectivity index (χ3n) is 6.24. The largest absolute Gasteiger partial charge is 0.416 e. The molecule has 0 aliphatic carbocycles. The molecule has 2 nitrogen and oxygen atoms in total. The molecular weight excluding hydrogens is 579 g/mol. The minimum atomic E-state index is -5.02. The Hall–Kier alpha value is -3.00. The van der Waals surface area contributed by atoms with Crippen LogP contribution < -0.4 is 20.6 Å². The van der Waals surface area contributed by atoms with E-state index in [9.17, 15) is 30.6 Å². The maximum atomic E-state index is 13.9. The summed E-state index contributed by atoms with van der Waals surface area (Å²) in [6.07, 6.45) is -10.0. The molecule has 4 aromatic carbocycles. The Bertz CT molecular complexity index is 1430. The summed E-state index contributed by atoms with van der Waals surface area (Å²) in [4.78, 5) is 0. The van der Waals surface area contributed by atoms with Gasteiger partial charge in [-0.25, -0.2) is 8.93 Å². The summed E-state index contributed by atoms with van der Waals surface area (Å²) in [6, 6.07) is 26.2. The highest BCUT2D eigenvalue weighted by Gasteiger charge is 2.38. The van der Waals surface area contributed by atoms with Crippen molar-refractivity contribution in [1.29, 1.82) is 0 Å². The molecule has 0 aliphatic heterocycles. The van der Waals surface area contributed by atoms with Gasteiger partial charge in [0, 0.05) is 0 Å². The molecule has 0 unspecified atom stereocenters. The van der Waals surface area contributed by atoms with Gasteiger partial charge in [0.1, 0.15) is 0 Å². The number of rotatable bonds is 7. The number of alkyl halides is 6. The van der Waals surface area contributed by atoms with Gasteiger partial charge >= 0.3 is 12.4 Å². The Labute approximate surface area is 239 Å². The molecule has 2 atom stereocenters. The molecule has 0 aromatic heterocycles. The summed E-state index contributed by atoms with van der Waals surface area (Å²) in [5.41, 5.74) is -2.70. The highest BCUT2D eigenvalue weighted by molar-refractivity contribution is 7.84. The van der Waals surface area contributed by atoms with E-state index in [1.807, 2.05) is 66.7 Å². The van der Waals surface area contributed by atoms with E-state index in [-0.39, 0.29) is 11.6 Å².